The second-order valence-electron chi connectivity index (χ2n) is 5.29. The summed E-state index contributed by atoms with van der Waals surface area (Å²) < 4.78 is 0. The predicted molar refractivity (Wildman–Crippen MR) is 75.0 cm³/mol. The lowest BCUT2D eigenvalue weighted by Crippen LogP contribution is -2.46. The van der Waals surface area contributed by atoms with Crippen molar-refractivity contribution in [1.29, 1.82) is 0 Å². The molecule has 1 heteroatoms. The van der Waals surface area contributed by atoms with Gasteiger partial charge in [-0.05, 0) is 45.7 Å². The van der Waals surface area contributed by atoms with E-state index < -0.39 is 0 Å². The Labute approximate surface area is 104 Å². The Morgan fingerprint density at radius 1 is 0.812 bits per heavy atom. The first-order chi connectivity index (χ1) is 7.64. The lowest BCUT2D eigenvalue weighted by Gasteiger charge is -2.41. The summed E-state index contributed by atoms with van der Waals surface area (Å²) in [5.74, 6) is 0. The summed E-state index contributed by atoms with van der Waals surface area (Å²) in [6, 6.07) is 0. The smallest absolute Gasteiger partial charge is 0.0178 e. The molecule has 0 saturated carbocycles. The summed E-state index contributed by atoms with van der Waals surface area (Å²) in [5.41, 5.74) is 0.444. The van der Waals surface area contributed by atoms with E-state index in [1.165, 1.54) is 58.0 Å². The van der Waals surface area contributed by atoms with Crippen molar-refractivity contribution in [3.8, 4) is 0 Å². The van der Waals surface area contributed by atoms with Crippen LogP contribution in [0.3, 0.4) is 0 Å². The maximum Gasteiger partial charge on any atom is 0.0178 e. The van der Waals surface area contributed by atoms with Crippen LogP contribution in [0.15, 0.2) is 0 Å². The van der Waals surface area contributed by atoms with E-state index in [4.69, 9.17) is 0 Å². The monoisotopic (exact) mass is 227 g/mol. The maximum atomic E-state index is 2.75. The van der Waals surface area contributed by atoms with Crippen LogP contribution in [-0.4, -0.2) is 23.5 Å². The predicted octanol–water partition coefficient (Wildman–Crippen LogP) is 4.86. The molecule has 0 fully saturated rings. The zero-order valence-corrected chi connectivity index (χ0v) is 12.3. The highest BCUT2D eigenvalue weighted by molar-refractivity contribution is 4.84. The van der Waals surface area contributed by atoms with Gasteiger partial charge in [0.05, 0.1) is 0 Å². The van der Waals surface area contributed by atoms with Crippen molar-refractivity contribution in [2.24, 2.45) is 0 Å². The first kappa shape index (κ1) is 16.0. The van der Waals surface area contributed by atoms with Crippen molar-refractivity contribution in [1.82, 2.24) is 4.90 Å². The molecule has 0 aliphatic carbocycles. The summed E-state index contributed by atoms with van der Waals surface area (Å²) in [4.78, 5) is 2.75. The number of hydrogen-bond acceptors (Lipinski definition) is 1. The third-order valence-electron chi connectivity index (χ3n) is 3.88. The first-order valence-corrected chi connectivity index (χ1v) is 7.39. The fourth-order valence-corrected chi connectivity index (χ4v) is 2.45. The molecule has 1 unspecified atom stereocenters. The topological polar surface area (TPSA) is 3.24 Å². The molecule has 0 aromatic heterocycles. The first-order valence-electron chi connectivity index (χ1n) is 7.39. The second kappa shape index (κ2) is 9.04. The van der Waals surface area contributed by atoms with E-state index in [9.17, 15) is 0 Å². The summed E-state index contributed by atoms with van der Waals surface area (Å²) in [7, 11) is 0. The van der Waals surface area contributed by atoms with Gasteiger partial charge in [-0.3, -0.25) is 4.90 Å². The second-order valence-corrected chi connectivity index (χ2v) is 5.29. The van der Waals surface area contributed by atoms with Crippen LogP contribution in [0.2, 0.25) is 0 Å². The van der Waals surface area contributed by atoms with Crippen LogP contribution < -0.4 is 0 Å². The van der Waals surface area contributed by atoms with E-state index in [0.717, 1.165) is 0 Å². The quantitative estimate of drug-likeness (QED) is 0.515. The van der Waals surface area contributed by atoms with Gasteiger partial charge in [0.25, 0.3) is 0 Å². The van der Waals surface area contributed by atoms with Crippen LogP contribution in [0.5, 0.6) is 0 Å². The van der Waals surface area contributed by atoms with Crippen molar-refractivity contribution in [2.75, 3.05) is 13.1 Å². The van der Waals surface area contributed by atoms with Crippen LogP contribution in [0, 0.1) is 0 Å². The summed E-state index contributed by atoms with van der Waals surface area (Å²) in [6.45, 7) is 14.3. The highest BCUT2D eigenvalue weighted by atomic mass is 15.2. The van der Waals surface area contributed by atoms with Crippen molar-refractivity contribution < 1.29 is 0 Å². The summed E-state index contributed by atoms with van der Waals surface area (Å²) >= 11 is 0. The molecule has 0 saturated heterocycles. The molecule has 0 aliphatic heterocycles. The molecule has 0 aliphatic rings. The number of unbranched alkanes of at least 4 members (excludes halogenated alkanes) is 2. The van der Waals surface area contributed by atoms with Gasteiger partial charge in [-0.2, -0.15) is 0 Å². The average Bonchev–Trinajstić information content (AvgIpc) is 2.29. The SMILES string of the molecule is CCCCN(CCCC)C(C)(CC)CCC. The molecule has 0 aromatic carbocycles. The Morgan fingerprint density at radius 3 is 1.62 bits per heavy atom. The Bertz CT molecular complexity index is 148. The minimum atomic E-state index is 0.444. The normalized spacial score (nSPS) is 15.4. The molecule has 16 heavy (non-hydrogen) atoms. The van der Waals surface area contributed by atoms with Gasteiger partial charge in [0, 0.05) is 5.54 Å². The Morgan fingerprint density at radius 2 is 1.31 bits per heavy atom. The average molecular weight is 227 g/mol. The molecule has 0 heterocycles. The van der Waals surface area contributed by atoms with E-state index in [1.54, 1.807) is 0 Å². The van der Waals surface area contributed by atoms with Gasteiger partial charge in [-0.1, -0.05) is 47.0 Å². The molecule has 0 bridgehead atoms. The van der Waals surface area contributed by atoms with Gasteiger partial charge >= 0.3 is 0 Å². The lowest BCUT2D eigenvalue weighted by atomic mass is 9.90. The number of rotatable bonds is 10. The standard InChI is InChI=1S/C15H33N/c1-6-10-13-16(14-11-7-2)15(5,9-4)12-8-3/h6-14H2,1-5H3. The van der Waals surface area contributed by atoms with Crippen LogP contribution in [0.1, 0.15) is 79.6 Å². The van der Waals surface area contributed by atoms with Gasteiger partial charge in [0.2, 0.25) is 0 Å². The van der Waals surface area contributed by atoms with Gasteiger partial charge in [-0.15, -0.1) is 0 Å². The molecule has 1 nitrogen and oxygen atoms in total. The largest absolute Gasteiger partial charge is 0.298 e. The van der Waals surface area contributed by atoms with E-state index in [0.29, 0.717) is 5.54 Å². The van der Waals surface area contributed by atoms with Crippen molar-refractivity contribution in [2.45, 2.75) is 85.1 Å². The molecule has 98 valence electrons. The molecular formula is C15H33N. The molecule has 1 atom stereocenters. The molecule has 0 rings (SSSR count). The zero-order valence-electron chi connectivity index (χ0n) is 12.3. The minimum absolute atomic E-state index is 0.444. The summed E-state index contributed by atoms with van der Waals surface area (Å²) in [6.07, 6.45) is 9.26. The van der Waals surface area contributed by atoms with E-state index >= 15 is 0 Å². The number of nitrogens with zero attached hydrogens (tertiary/aromatic N) is 1. The van der Waals surface area contributed by atoms with Crippen LogP contribution in [0.25, 0.3) is 0 Å². The van der Waals surface area contributed by atoms with Crippen LogP contribution >= 0.6 is 0 Å². The minimum Gasteiger partial charge on any atom is -0.298 e. The van der Waals surface area contributed by atoms with Crippen LogP contribution in [0.4, 0.5) is 0 Å². The molecule has 0 N–H and O–H groups in total. The van der Waals surface area contributed by atoms with Gasteiger partial charge in [0.15, 0.2) is 0 Å². The van der Waals surface area contributed by atoms with Gasteiger partial charge in [-0.25, -0.2) is 0 Å². The van der Waals surface area contributed by atoms with Gasteiger partial charge < -0.3 is 0 Å². The van der Waals surface area contributed by atoms with E-state index in [1.807, 2.05) is 0 Å². The molecule has 0 radical (unpaired) electrons. The third-order valence-corrected chi connectivity index (χ3v) is 3.88. The fraction of sp³-hybridized carbons (Fsp3) is 1.00. The van der Waals surface area contributed by atoms with E-state index in [-0.39, 0.29) is 0 Å². The Kier molecular flexibility index (Phi) is 9.02. The fourth-order valence-electron chi connectivity index (χ4n) is 2.45. The molecule has 0 aromatic rings. The van der Waals surface area contributed by atoms with Crippen molar-refractivity contribution in [3.05, 3.63) is 0 Å². The molecular weight excluding hydrogens is 194 g/mol. The molecule has 0 spiro atoms. The van der Waals surface area contributed by atoms with Gasteiger partial charge in [0.1, 0.15) is 0 Å². The highest BCUT2D eigenvalue weighted by Crippen LogP contribution is 2.26. The van der Waals surface area contributed by atoms with Crippen molar-refractivity contribution >= 4 is 0 Å². The summed E-state index contributed by atoms with van der Waals surface area (Å²) in [5, 5.41) is 0. The third kappa shape index (κ3) is 5.34. The number of hydrogen-bond donors (Lipinski definition) is 0. The maximum absolute atomic E-state index is 2.75. The Hall–Kier alpha value is -0.0400. The molecule has 0 amide bonds. The highest BCUT2D eigenvalue weighted by Gasteiger charge is 2.27. The lowest BCUT2D eigenvalue weighted by molar-refractivity contribution is 0.0855. The van der Waals surface area contributed by atoms with E-state index in [2.05, 4.69) is 39.5 Å². The van der Waals surface area contributed by atoms with Crippen LogP contribution in [-0.2, 0) is 0 Å². The Balaban J connectivity index is 4.40. The van der Waals surface area contributed by atoms with Crippen molar-refractivity contribution in [3.63, 3.8) is 0 Å². The zero-order chi connectivity index (χ0) is 12.4.